The van der Waals surface area contributed by atoms with E-state index in [1.807, 2.05) is 67.0 Å². The van der Waals surface area contributed by atoms with E-state index < -0.39 is 29.7 Å². The molecule has 0 radical (unpaired) electrons. The number of ether oxygens (including phenoxy) is 2. The fraction of sp³-hybridized carbons (Fsp3) is 0.242. The van der Waals surface area contributed by atoms with E-state index in [2.05, 4.69) is 26.7 Å². The Bertz CT molecular complexity index is 1790. The Balaban J connectivity index is 1.48. The molecule has 0 fully saturated rings. The third-order valence-corrected chi connectivity index (χ3v) is 6.98. The number of aromatic nitrogens is 2. The van der Waals surface area contributed by atoms with Crippen LogP contribution in [0.3, 0.4) is 0 Å². The van der Waals surface area contributed by atoms with Crippen molar-refractivity contribution in [3.8, 4) is 17.2 Å². The Labute approximate surface area is 243 Å². The average Bonchev–Trinajstić information content (AvgIpc) is 3.61. The molecule has 0 saturated heterocycles. The number of benzene rings is 3. The lowest BCUT2D eigenvalue weighted by molar-refractivity contribution is 0.0501. The molecule has 0 aliphatic carbocycles. The number of para-hydroxylation sites is 1. The van der Waals surface area contributed by atoms with Gasteiger partial charge in [0.25, 0.3) is 0 Å². The maximum absolute atomic E-state index is 12.9. The number of fused-ring (bicyclic) bond motifs is 2. The number of nitriles is 1. The van der Waals surface area contributed by atoms with Crippen LogP contribution in [0.2, 0.25) is 0 Å². The van der Waals surface area contributed by atoms with E-state index in [1.54, 1.807) is 32.9 Å². The zero-order chi connectivity index (χ0) is 29.9. The van der Waals surface area contributed by atoms with Gasteiger partial charge in [-0.25, -0.2) is 9.59 Å². The molecule has 9 nitrogen and oxygen atoms in total. The number of anilines is 1. The number of H-pyrrole nitrogens is 2. The molecule has 0 saturated carbocycles. The van der Waals surface area contributed by atoms with Crippen molar-refractivity contribution in [1.29, 1.82) is 5.26 Å². The van der Waals surface area contributed by atoms with Crippen LogP contribution in [0.5, 0.6) is 0 Å². The number of rotatable bonds is 8. The average molecular weight is 564 g/mol. The molecule has 9 heteroatoms. The molecule has 1 amide bonds. The van der Waals surface area contributed by atoms with Gasteiger partial charge in [-0.1, -0.05) is 30.3 Å². The van der Waals surface area contributed by atoms with Crippen molar-refractivity contribution < 1.29 is 19.1 Å². The molecule has 4 N–H and O–H groups in total. The number of nitrogens with zero attached hydrogens (tertiary/aromatic N) is 1. The monoisotopic (exact) mass is 563 g/mol. The van der Waals surface area contributed by atoms with Gasteiger partial charge in [0.15, 0.2) is 0 Å². The summed E-state index contributed by atoms with van der Waals surface area (Å²) < 4.78 is 10.6. The summed E-state index contributed by atoms with van der Waals surface area (Å²) in [6, 6.07) is 21.8. The first-order valence-corrected chi connectivity index (χ1v) is 13.7. The second-order valence-electron chi connectivity index (χ2n) is 11.1. The van der Waals surface area contributed by atoms with Crippen molar-refractivity contribution in [3.63, 3.8) is 0 Å². The van der Waals surface area contributed by atoms with Crippen LogP contribution in [0.4, 0.5) is 10.5 Å². The first-order valence-electron chi connectivity index (χ1n) is 13.7. The highest BCUT2D eigenvalue weighted by molar-refractivity contribution is 5.98. The van der Waals surface area contributed by atoms with Crippen molar-refractivity contribution in [2.75, 3.05) is 12.4 Å². The molecule has 42 heavy (non-hydrogen) atoms. The zero-order valence-electron chi connectivity index (χ0n) is 23.9. The van der Waals surface area contributed by atoms with Gasteiger partial charge < -0.3 is 30.1 Å². The van der Waals surface area contributed by atoms with Gasteiger partial charge in [-0.05, 0) is 85.7 Å². The quantitative estimate of drug-likeness (QED) is 0.158. The number of alkyl carbamates (subject to hydrolysis) is 1. The van der Waals surface area contributed by atoms with Gasteiger partial charge in [0.2, 0.25) is 0 Å². The van der Waals surface area contributed by atoms with Crippen LogP contribution in [0, 0.1) is 11.3 Å². The Morgan fingerprint density at radius 2 is 1.74 bits per heavy atom. The summed E-state index contributed by atoms with van der Waals surface area (Å²) in [5.74, 6) is -0.549. The number of hydrogen-bond acceptors (Lipinski definition) is 6. The maximum Gasteiger partial charge on any atom is 0.407 e. The molecule has 0 aliphatic rings. The summed E-state index contributed by atoms with van der Waals surface area (Å²) in [5.41, 5.74) is 4.61. The Kier molecular flexibility index (Phi) is 7.89. The Morgan fingerprint density at radius 3 is 2.50 bits per heavy atom. The van der Waals surface area contributed by atoms with Gasteiger partial charge in [-0.3, -0.25) is 0 Å². The smallest absolute Gasteiger partial charge is 0.407 e. The van der Waals surface area contributed by atoms with Gasteiger partial charge in [0.1, 0.15) is 11.6 Å². The highest BCUT2D eigenvalue weighted by Gasteiger charge is 2.28. The Morgan fingerprint density at radius 1 is 0.976 bits per heavy atom. The van der Waals surface area contributed by atoms with Crippen molar-refractivity contribution in [3.05, 3.63) is 90.3 Å². The van der Waals surface area contributed by atoms with Crippen LogP contribution < -0.4 is 10.6 Å². The number of carbonyl (C=O) groups excluding carboxylic acids is 2. The largest absolute Gasteiger partial charge is 0.465 e. The third kappa shape index (κ3) is 6.23. The second-order valence-corrected chi connectivity index (χ2v) is 11.1. The van der Waals surface area contributed by atoms with E-state index in [0.717, 1.165) is 38.5 Å². The summed E-state index contributed by atoms with van der Waals surface area (Å²) in [6.45, 7) is 5.33. The molecule has 5 aromatic rings. The number of carbonyl (C=O) groups is 2. The summed E-state index contributed by atoms with van der Waals surface area (Å²) >= 11 is 0. The fourth-order valence-corrected chi connectivity index (χ4v) is 5.00. The molecule has 214 valence electrons. The van der Waals surface area contributed by atoms with E-state index >= 15 is 0 Å². The van der Waals surface area contributed by atoms with Crippen molar-refractivity contribution in [2.24, 2.45) is 0 Å². The minimum atomic E-state index is -0.920. The second kappa shape index (κ2) is 11.7. The van der Waals surface area contributed by atoms with Gasteiger partial charge in [0, 0.05) is 34.5 Å². The highest BCUT2D eigenvalue weighted by Crippen LogP contribution is 2.29. The molecule has 2 aromatic heterocycles. The number of methoxy groups -OCH3 is 1. The van der Waals surface area contributed by atoms with E-state index in [4.69, 9.17) is 9.47 Å². The lowest BCUT2D eigenvalue weighted by Crippen LogP contribution is -2.49. The molecule has 0 bridgehead atoms. The number of aromatic amines is 2. The molecular formula is C33H33N5O4. The summed E-state index contributed by atoms with van der Waals surface area (Å²) in [5, 5.41) is 18.4. The minimum Gasteiger partial charge on any atom is -0.465 e. The Hall–Kier alpha value is -5.23. The van der Waals surface area contributed by atoms with Crippen molar-refractivity contribution >= 4 is 39.6 Å². The normalized spacial score (nSPS) is 12.8. The number of nitrogens with one attached hydrogen (secondary N) is 4. The van der Waals surface area contributed by atoms with Crippen LogP contribution >= 0.6 is 0 Å². The standard InChI is InChI=1S/C33H33N5O4/c1-33(2,3)42-32(40)38-29(17-23-19-36-27-8-6-5-7-24(23)27)30(18-34)37-28-12-10-21(16-25(28)31(39)41-4)20-9-11-26-22(15-20)13-14-35-26/h5-16,19,29-30,35-37H,17H2,1-4H3,(H,38,40)/t29-,30?/m1/s1. The topological polar surface area (TPSA) is 132 Å². The number of hydrogen-bond donors (Lipinski definition) is 4. The summed E-state index contributed by atoms with van der Waals surface area (Å²) in [4.78, 5) is 32.2. The molecule has 2 heterocycles. The molecule has 0 spiro atoms. The molecule has 1 unspecified atom stereocenters. The van der Waals surface area contributed by atoms with E-state index in [0.29, 0.717) is 12.1 Å². The van der Waals surface area contributed by atoms with Gasteiger partial charge in [-0.2, -0.15) is 5.26 Å². The third-order valence-electron chi connectivity index (χ3n) is 6.98. The van der Waals surface area contributed by atoms with Crippen LogP contribution in [0.1, 0.15) is 36.7 Å². The van der Waals surface area contributed by atoms with Gasteiger partial charge >= 0.3 is 12.1 Å². The summed E-state index contributed by atoms with van der Waals surface area (Å²) in [7, 11) is 1.32. The first kappa shape index (κ1) is 28.3. The first-order chi connectivity index (χ1) is 20.1. The van der Waals surface area contributed by atoms with E-state index in [-0.39, 0.29) is 5.56 Å². The predicted octanol–water partition coefficient (Wildman–Crippen LogP) is 6.54. The SMILES string of the molecule is COC(=O)c1cc(-c2ccc3[nH]ccc3c2)ccc1NC(C#N)[C@@H](Cc1c[nH]c2ccccc12)NC(=O)OC(C)(C)C. The number of amides is 1. The molecule has 0 aliphatic heterocycles. The van der Waals surface area contributed by atoms with Crippen LogP contribution in [-0.4, -0.2) is 46.8 Å². The van der Waals surface area contributed by atoms with Crippen LogP contribution in [-0.2, 0) is 15.9 Å². The van der Waals surface area contributed by atoms with Crippen LogP contribution in [0.25, 0.3) is 32.9 Å². The number of esters is 1. The van der Waals surface area contributed by atoms with Gasteiger partial charge in [0.05, 0.1) is 24.8 Å². The maximum atomic E-state index is 12.9. The fourth-order valence-electron chi connectivity index (χ4n) is 5.00. The highest BCUT2D eigenvalue weighted by atomic mass is 16.6. The molecule has 5 rings (SSSR count). The minimum absolute atomic E-state index is 0.271. The van der Waals surface area contributed by atoms with Crippen molar-refractivity contribution in [2.45, 2.75) is 44.9 Å². The van der Waals surface area contributed by atoms with E-state index in [1.165, 1.54) is 7.11 Å². The molecule has 3 aromatic carbocycles. The van der Waals surface area contributed by atoms with Gasteiger partial charge in [-0.15, -0.1) is 0 Å². The lowest BCUT2D eigenvalue weighted by atomic mass is 9.97. The summed E-state index contributed by atoms with van der Waals surface area (Å²) in [6.07, 6.45) is 3.44. The van der Waals surface area contributed by atoms with E-state index in [9.17, 15) is 14.9 Å². The predicted molar refractivity (Wildman–Crippen MR) is 163 cm³/mol. The molecular weight excluding hydrogens is 530 g/mol. The molecule has 2 atom stereocenters. The van der Waals surface area contributed by atoms with Crippen molar-refractivity contribution in [1.82, 2.24) is 15.3 Å². The van der Waals surface area contributed by atoms with Crippen LogP contribution in [0.15, 0.2) is 79.1 Å². The lowest BCUT2D eigenvalue weighted by Gasteiger charge is -2.27. The zero-order valence-corrected chi connectivity index (χ0v) is 23.9.